The number of nitrogen functional groups attached to an aromatic ring is 1. The van der Waals surface area contributed by atoms with Gasteiger partial charge in [0.25, 0.3) is 0 Å². The fraction of sp³-hybridized carbons (Fsp3) is 0.364. The normalized spacial score (nSPS) is 20.1. The second kappa shape index (κ2) is 4.92. The third kappa shape index (κ3) is 2.46. The van der Waals surface area contributed by atoms with Crippen LogP contribution in [0.5, 0.6) is 0 Å². The van der Waals surface area contributed by atoms with Crippen molar-refractivity contribution in [3.63, 3.8) is 0 Å². The van der Waals surface area contributed by atoms with E-state index < -0.39 is 0 Å². The number of benzene rings is 1. The molecule has 0 saturated carbocycles. The van der Waals surface area contributed by atoms with Crippen LogP contribution in [0.2, 0.25) is 10.0 Å². The van der Waals surface area contributed by atoms with Gasteiger partial charge in [-0.2, -0.15) is 0 Å². The lowest BCUT2D eigenvalue weighted by atomic mass is 10.1. The molecule has 3 nitrogen and oxygen atoms in total. The fourth-order valence-electron chi connectivity index (χ4n) is 1.97. The van der Waals surface area contributed by atoms with Crippen LogP contribution in [-0.4, -0.2) is 18.3 Å². The van der Waals surface area contributed by atoms with Crippen molar-refractivity contribution in [2.75, 3.05) is 23.1 Å². The summed E-state index contributed by atoms with van der Waals surface area (Å²) in [5, 5.41) is 0.843. The number of alkyl halides is 1. The van der Waals surface area contributed by atoms with Crippen LogP contribution in [0.25, 0.3) is 0 Å². The molecule has 1 aliphatic rings. The Morgan fingerprint density at radius 2 is 2.12 bits per heavy atom. The van der Waals surface area contributed by atoms with Gasteiger partial charge in [0.1, 0.15) is 0 Å². The minimum Gasteiger partial charge on any atom is -0.397 e. The number of carbonyl (C=O) groups excluding carboxylic acids is 1. The van der Waals surface area contributed by atoms with Gasteiger partial charge in [-0.25, -0.2) is 0 Å². The maximum absolute atomic E-state index is 11.9. The van der Waals surface area contributed by atoms with Gasteiger partial charge in [0.15, 0.2) is 0 Å². The van der Waals surface area contributed by atoms with Gasteiger partial charge < -0.3 is 10.6 Å². The highest BCUT2D eigenvalue weighted by atomic mass is 35.5. The Kier molecular flexibility index (Phi) is 3.71. The van der Waals surface area contributed by atoms with Crippen LogP contribution in [0, 0.1) is 5.92 Å². The molecule has 1 fully saturated rings. The number of nitrogens with two attached hydrogens (primary N) is 1. The van der Waals surface area contributed by atoms with E-state index in [4.69, 9.17) is 40.5 Å². The molecule has 1 saturated heterocycles. The molecule has 1 atom stereocenters. The molecule has 0 radical (unpaired) electrons. The van der Waals surface area contributed by atoms with Crippen LogP contribution < -0.4 is 10.6 Å². The van der Waals surface area contributed by atoms with Crippen molar-refractivity contribution in [2.24, 2.45) is 5.92 Å². The van der Waals surface area contributed by atoms with E-state index in [1.165, 1.54) is 0 Å². The van der Waals surface area contributed by atoms with Gasteiger partial charge in [0.05, 0.1) is 16.4 Å². The molecule has 0 spiro atoms. The number of rotatable bonds is 2. The zero-order valence-electron chi connectivity index (χ0n) is 8.92. The summed E-state index contributed by atoms with van der Waals surface area (Å²) in [5.74, 6) is 0.592. The van der Waals surface area contributed by atoms with Crippen molar-refractivity contribution in [1.82, 2.24) is 0 Å². The number of nitrogens with zero attached hydrogens (tertiary/aromatic N) is 1. The zero-order chi connectivity index (χ0) is 12.6. The van der Waals surface area contributed by atoms with E-state index >= 15 is 0 Å². The standard InChI is InChI=1S/C11H11Cl3N2O/c12-4-6-1-10(17)16(5-6)11-8(14)2-7(13)3-9(11)15/h2-3,6H,1,4-5,15H2. The van der Waals surface area contributed by atoms with Crippen LogP contribution in [0.1, 0.15) is 6.42 Å². The summed E-state index contributed by atoms with van der Waals surface area (Å²) in [6, 6.07) is 3.17. The Labute approximate surface area is 114 Å². The summed E-state index contributed by atoms with van der Waals surface area (Å²) in [5.41, 5.74) is 6.80. The summed E-state index contributed by atoms with van der Waals surface area (Å²) in [7, 11) is 0. The molecule has 92 valence electrons. The van der Waals surface area contributed by atoms with Gasteiger partial charge in [-0.3, -0.25) is 4.79 Å². The van der Waals surface area contributed by atoms with E-state index in [1.54, 1.807) is 17.0 Å². The molecular formula is C11H11Cl3N2O. The predicted octanol–water partition coefficient (Wildman–Crippen LogP) is 3.17. The molecule has 2 N–H and O–H groups in total. The summed E-state index contributed by atoms with van der Waals surface area (Å²) in [4.78, 5) is 13.4. The molecule has 1 unspecified atom stereocenters. The summed E-state index contributed by atoms with van der Waals surface area (Å²) < 4.78 is 0. The average Bonchev–Trinajstić information content (AvgIpc) is 2.59. The molecule has 1 amide bonds. The minimum atomic E-state index is -0.00780. The smallest absolute Gasteiger partial charge is 0.227 e. The van der Waals surface area contributed by atoms with Gasteiger partial charge >= 0.3 is 0 Å². The number of hydrogen-bond acceptors (Lipinski definition) is 2. The largest absolute Gasteiger partial charge is 0.397 e. The van der Waals surface area contributed by atoms with Crippen molar-refractivity contribution in [1.29, 1.82) is 0 Å². The maximum atomic E-state index is 11.9. The third-order valence-electron chi connectivity index (χ3n) is 2.75. The Bertz CT molecular complexity index is 441. The molecule has 17 heavy (non-hydrogen) atoms. The molecule has 2 rings (SSSR count). The molecule has 1 heterocycles. The Morgan fingerprint density at radius 3 is 2.65 bits per heavy atom. The highest BCUT2D eigenvalue weighted by Crippen LogP contribution is 2.38. The van der Waals surface area contributed by atoms with Crippen molar-refractivity contribution < 1.29 is 4.79 Å². The number of amides is 1. The number of halogens is 3. The highest BCUT2D eigenvalue weighted by molar-refractivity contribution is 6.37. The van der Waals surface area contributed by atoms with Crippen molar-refractivity contribution in [3.8, 4) is 0 Å². The van der Waals surface area contributed by atoms with Crippen molar-refractivity contribution >= 4 is 52.1 Å². The SMILES string of the molecule is Nc1cc(Cl)cc(Cl)c1N1CC(CCl)CC1=O. The van der Waals surface area contributed by atoms with Gasteiger partial charge in [0, 0.05) is 23.9 Å². The first kappa shape index (κ1) is 12.8. The number of carbonyl (C=O) groups is 1. The topological polar surface area (TPSA) is 46.3 Å². The summed E-state index contributed by atoms with van der Waals surface area (Å²) in [6.45, 7) is 0.549. The van der Waals surface area contributed by atoms with Gasteiger partial charge in [-0.05, 0) is 18.1 Å². The molecule has 0 bridgehead atoms. The Morgan fingerprint density at radius 1 is 1.41 bits per heavy atom. The molecule has 6 heteroatoms. The quantitative estimate of drug-likeness (QED) is 0.672. The van der Waals surface area contributed by atoms with Crippen LogP contribution in [-0.2, 0) is 4.79 Å². The molecule has 0 aromatic heterocycles. The Balaban J connectivity index is 2.38. The van der Waals surface area contributed by atoms with Crippen LogP contribution in [0.3, 0.4) is 0 Å². The molecule has 1 aromatic carbocycles. The van der Waals surface area contributed by atoms with E-state index in [2.05, 4.69) is 0 Å². The van der Waals surface area contributed by atoms with Gasteiger partial charge in [0.2, 0.25) is 5.91 Å². The van der Waals surface area contributed by atoms with Crippen LogP contribution in [0.15, 0.2) is 12.1 Å². The monoisotopic (exact) mass is 292 g/mol. The fourth-order valence-corrected chi connectivity index (χ4v) is 2.79. The van der Waals surface area contributed by atoms with E-state index in [-0.39, 0.29) is 11.8 Å². The number of hydrogen-bond donors (Lipinski definition) is 1. The van der Waals surface area contributed by atoms with Gasteiger partial charge in [-0.15, -0.1) is 11.6 Å². The average molecular weight is 294 g/mol. The van der Waals surface area contributed by atoms with Crippen molar-refractivity contribution in [2.45, 2.75) is 6.42 Å². The highest BCUT2D eigenvalue weighted by Gasteiger charge is 2.32. The molecule has 1 aliphatic heterocycles. The lowest BCUT2D eigenvalue weighted by Gasteiger charge is -2.20. The van der Waals surface area contributed by atoms with E-state index in [0.29, 0.717) is 40.3 Å². The zero-order valence-corrected chi connectivity index (χ0v) is 11.2. The Hall–Kier alpha value is -0.640. The summed E-state index contributed by atoms with van der Waals surface area (Å²) in [6.07, 6.45) is 0.432. The third-order valence-corrected chi connectivity index (χ3v) is 3.69. The molecule has 1 aromatic rings. The number of anilines is 2. The van der Waals surface area contributed by atoms with E-state index in [0.717, 1.165) is 0 Å². The molecular weight excluding hydrogens is 282 g/mol. The second-order valence-electron chi connectivity index (χ2n) is 4.05. The van der Waals surface area contributed by atoms with E-state index in [1.807, 2.05) is 0 Å². The first-order valence-corrected chi connectivity index (χ1v) is 6.42. The van der Waals surface area contributed by atoms with Crippen LogP contribution >= 0.6 is 34.8 Å². The van der Waals surface area contributed by atoms with E-state index in [9.17, 15) is 4.79 Å². The minimum absolute atomic E-state index is 0.00780. The lowest BCUT2D eigenvalue weighted by Crippen LogP contribution is -2.26. The lowest BCUT2D eigenvalue weighted by molar-refractivity contribution is -0.117. The maximum Gasteiger partial charge on any atom is 0.227 e. The second-order valence-corrected chi connectivity index (χ2v) is 5.21. The first-order valence-electron chi connectivity index (χ1n) is 5.13. The first-order chi connectivity index (χ1) is 8.02. The van der Waals surface area contributed by atoms with Gasteiger partial charge in [-0.1, -0.05) is 23.2 Å². The van der Waals surface area contributed by atoms with Crippen LogP contribution in [0.4, 0.5) is 11.4 Å². The predicted molar refractivity (Wildman–Crippen MR) is 72.1 cm³/mol. The van der Waals surface area contributed by atoms with Crippen molar-refractivity contribution in [3.05, 3.63) is 22.2 Å². The molecule has 0 aliphatic carbocycles. The summed E-state index contributed by atoms with van der Waals surface area (Å²) >= 11 is 17.7.